The van der Waals surface area contributed by atoms with E-state index in [4.69, 9.17) is 11.6 Å². The third kappa shape index (κ3) is 2.90. The maximum Gasteiger partial charge on any atom is 0.207 e. The second kappa shape index (κ2) is 4.92. The highest BCUT2D eigenvalue weighted by Crippen LogP contribution is 2.26. The Balaban J connectivity index is 2.02. The van der Waals surface area contributed by atoms with Crippen molar-refractivity contribution in [1.82, 2.24) is 15.2 Å². The fourth-order valence-electron chi connectivity index (χ4n) is 1.04. The minimum atomic E-state index is 0.489. The molecule has 2 aromatic rings. The van der Waals surface area contributed by atoms with E-state index in [9.17, 15) is 0 Å². The molecule has 0 fully saturated rings. The first-order chi connectivity index (χ1) is 7.25. The van der Waals surface area contributed by atoms with Crippen molar-refractivity contribution in [2.45, 2.75) is 17.7 Å². The van der Waals surface area contributed by atoms with E-state index in [-0.39, 0.29) is 0 Å². The Morgan fingerprint density at radius 3 is 3.00 bits per heavy atom. The van der Waals surface area contributed by atoms with Crippen LogP contribution in [0.25, 0.3) is 0 Å². The zero-order chi connectivity index (χ0) is 10.7. The monoisotopic (exact) mass is 257 g/mol. The summed E-state index contributed by atoms with van der Waals surface area (Å²) in [5, 5.41) is 9.66. The van der Waals surface area contributed by atoms with Crippen molar-refractivity contribution >= 4 is 34.7 Å². The first kappa shape index (κ1) is 10.9. The molecule has 0 aromatic carbocycles. The lowest BCUT2D eigenvalue weighted by Crippen LogP contribution is -1.85. The summed E-state index contributed by atoms with van der Waals surface area (Å²) in [4.78, 5) is 4.29. The van der Waals surface area contributed by atoms with Crippen molar-refractivity contribution in [2.24, 2.45) is 0 Å². The molecule has 0 radical (unpaired) electrons. The summed E-state index contributed by atoms with van der Waals surface area (Å²) in [7, 11) is 0. The van der Waals surface area contributed by atoms with Crippen LogP contribution in [-0.2, 0) is 5.75 Å². The first-order valence-electron chi connectivity index (χ1n) is 4.28. The van der Waals surface area contributed by atoms with Crippen LogP contribution in [0.1, 0.15) is 10.6 Å². The summed E-state index contributed by atoms with van der Waals surface area (Å²) in [6.07, 6.45) is 1.79. The van der Waals surface area contributed by atoms with Gasteiger partial charge in [-0.2, -0.15) is 0 Å². The molecule has 0 bridgehead atoms. The number of nitrogens with zero attached hydrogens (tertiary/aromatic N) is 3. The van der Waals surface area contributed by atoms with Crippen LogP contribution >= 0.6 is 34.7 Å². The van der Waals surface area contributed by atoms with Crippen molar-refractivity contribution in [3.63, 3.8) is 0 Å². The van der Waals surface area contributed by atoms with E-state index in [0.717, 1.165) is 15.8 Å². The Hall–Kier alpha value is -0.650. The van der Waals surface area contributed by atoms with Crippen molar-refractivity contribution in [3.8, 4) is 0 Å². The molecule has 0 unspecified atom stereocenters. The smallest absolute Gasteiger partial charge is 0.207 e. The SMILES string of the molecule is Cc1cccnc1SCc1nnc(Cl)s1. The second-order valence-corrected chi connectivity index (χ2v) is 5.47. The van der Waals surface area contributed by atoms with Gasteiger partial charge in [0.2, 0.25) is 4.47 Å². The van der Waals surface area contributed by atoms with Crippen molar-refractivity contribution in [2.75, 3.05) is 0 Å². The van der Waals surface area contributed by atoms with E-state index in [1.165, 1.54) is 16.9 Å². The summed E-state index contributed by atoms with van der Waals surface area (Å²) in [5.74, 6) is 0.766. The third-order valence-corrected chi connectivity index (χ3v) is 4.06. The molecule has 0 spiro atoms. The molecule has 0 saturated carbocycles. The summed E-state index contributed by atoms with van der Waals surface area (Å²) in [6, 6.07) is 3.98. The lowest BCUT2D eigenvalue weighted by atomic mass is 10.3. The van der Waals surface area contributed by atoms with Crippen LogP contribution in [0.5, 0.6) is 0 Å². The lowest BCUT2D eigenvalue weighted by molar-refractivity contribution is 1.03. The van der Waals surface area contributed by atoms with E-state index in [2.05, 4.69) is 15.2 Å². The van der Waals surface area contributed by atoms with E-state index < -0.39 is 0 Å². The van der Waals surface area contributed by atoms with Gasteiger partial charge in [-0.1, -0.05) is 29.2 Å². The van der Waals surface area contributed by atoms with Crippen molar-refractivity contribution in [3.05, 3.63) is 33.4 Å². The number of pyridine rings is 1. The van der Waals surface area contributed by atoms with Crippen LogP contribution in [-0.4, -0.2) is 15.2 Å². The van der Waals surface area contributed by atoms with Crippen LogP contribution in [0, 0.1) is 6.92 Å². The average molecular weight is 258 g/mol. The molecule has 2 heterocycles. The Kier molecular flexibility index (Phi) is 3.56. The van der Waals surface area contributed by atoms with Gasteiger partial charge in [-0.3, -0.25) is 0 Å². The molecule has 0 N–H and O–H groups in total. The molecule has 78 valence electrons. The standard InChI is InChI=1S/C9H8ClN3S2/c1-6-3-2-4-11-8(6)14-5-7-12-13-9(10)15-7/h2-4H,5H2,1H3. The predicted molar refractivity (Wildman–Crippen MR) is 63.5 cm³/mol. The van der Waals surface area contributed by atoms with Gasteiger partial charge in [0, 0.05) is 6.20 Å². The number of hydrogen-bond acceptors (Lipinski definition) is 5. The van der Waals surface area contributed by atoms with Gasteiger partial charge in [0.25, 0.3) is 0 Å². The summed E-state index contributed by atoms with van der Waals surface area (Å²) >= 11 is 8.75. The molecule has 15 heavy (non-hydrogen) atoms. The highest BCUT2D eigenvalue weighted by molar-refractivity contribution is 7.98. The number of aryl methyl sites for hydroxylation is 1. The fourth-order valence-corrected chi connectivity index (χ4v) is 2.87. The van der Waals surface area contributed by atoms with Gasteiger partial charge in [0.15, 0.2) is 0 Å². The van der Waals surface area contributed by atoms with Gasteiger partial charge in [0.05, 0.1) is 10.8 Å². The molecular weight excluding hydrogens is 250 g/mol. The van der Waals surface area contributed by atoms with Crippen LogP contribution in [0.2, 0.25) is 4.47 Å². The summed E-state index contributed by atoms with van der Waals surface area (Å²) in [6.45, 7) is 2.04. The highest BCUT2D eigenvalue weighted by atomic mass is 35.5. The predicted octanol–water partition coefficient (Wildman–Crippen LogP) is 3.19. The molecule has 2 rings (SSSR count). The van der Waals surface area contributed by atoms with Gasteiger partial charge in [-0.25, -0.2) is 4.98 Å². The van der Waals surface area contributed by atoms with Gasteiger partial charge in [0.1, 0.15) is 5.01 Å². The van der Waals surface area contributed by atoms with E-state index in [1.807, 2.05) is 19.1 Å². The van der Waals surface area contributed by atoms with Gasteiger partial charge in [-0.05, 0) is 30.2 Å². The van der Waals surface area contributed by atoms with Crippen LogP contribution in [0.3, 0.4) is 0 Å². The Labute approximate surface area is 101 Å². The number of hydrogen-bond donors (Lipinski definition) is 0. The fraction of sp³-hybridized carbons (Fsp3) is 0.222. The van der Waals surface area contributed by atoms with E-state index >= 15 is 0 Å². The minimum Gasteiger partial charge on any atom is -0.250 e. The highest BCUT2D eigenvalue weighted by Gasteiger charge is 2.04. The van der Waals surface area contributed by atoms with Crippen molar-refractivity contribution < 1.29 is 0 Å². The Morgan fingerprint density at radius 2 is 2.33 bits per heavy atom. The largest absolute Gasteiger partial charge is 0.250 e. The maximum atomic E-state index is 5.69. The number of halogens is 1. The molecule has 0 saturated heterocycles. The van der Waals surface area contributed by atoms with Crippen LogP contribution < -0.4 is 0 Å². The topological polar surface area (TPSA) is 38.7 Å². The normalized spacial score (nSPS) is 10.5. The summed E-state index contributed by atoms with van der Waals surface area (Å²) < 4.78 is 0.489. The van der Waals surface area contributed by atoms with Gasteiger partial charge >= 0.3 is 0 Å². The molecule has 2 aromatic heterocycles. The van der Waals surface area contributed by atoms with Crippen molar-refractivity contribution in [1.29, 1.82) is 0 Å². The molecule has 0 aliphatic rings. The zero-order valence-corrected chi connectivity index (χ0v) is 10.4. The molecule has 0 atom stereocenters. The average Bonchev–Trinajstić information content (AvgIpc) is 2.63. The molecule has 0 aliphatic carbocycles. The maximum absolute atomic E-state index is 5.69. The summed E-state index contributed by atoms with van der Waals surface area (Å²) in [5.41, 5.74) is 1.18. The first-order valence-corrected chi connectivity index (χ1v) is 6.46. The Morgan fingerprint density at radius 1 is 1.47 bits per heavy atom. The second-order valence-electron chi connectivity index (χ2n) is 2.86. The molecule has 0 aliphatic heterocycles. The van der Waals surface area contributed by atoms with Gasteiger partial charge in [-0.15, -0.1) is 10.2 Å². The van der Waals surface area contributed by atoms with Gasteiger partial charge < -0.3 is 0 Å². The number of thioether (sulfide) groups is 1. The molecule has 0 amide bonds. The van der Waals surface area contributed by atoms with Crippen LogP contribution in [0.15, 0.2) is 23.4 Å². The van der Waals surface area contributed by atoms with E-state index in [0.29, 0.717) is 4.47 Å². The van der Waals surface area contributed by atoms with Crippen LogP contribution in [0.4, 0.5) is 0 Å². The quantitative estimate of drug-likeness (QED) is 0.792. The van der Waals surface area contributed by atoms with E-state index in [1.54, 1.807) is 18.0 Å². The minimum absolute atomic E-state index is 0.489. The zero-order valence-electron chi connectivity index (χ0n) is 7.98. The number of rotatable bonds is 3. The Bertz CT molecular complexity index is 458. The lowest BCUT2D eigenvalue weighted by Gasteiger charge is -2.00. The third-order valence-electron chi connectivity index (χ3n) is 1.74. The molecular formula is C9H8ClN3S2. The molecule has 6 heteroatoms. The molecule has 3 nitrogen and oxygen atoms in total. The number of aromatic nitrogens is 3.